The Bertz CT molecular complexity index is 438. The van der Waals surface area contributed by atoms with Gasteiger partial charge in [-0.15, -0.1) is 5.10 Å². The Kier molecular flexibility index (Phi) is 4.93. The van der Waals surface area contributed by atoms with E-state index >= 15 is 0 Å². The molecule has 8 heteroatoms. The molecule has 0 aliphatic carbocycles. The van der Waals surface area contributed by atoms with Crippen molar-refractivity contribution in [2.45, 2.75) is 38.5 Å². The number of thioether (sulfide) groups is 1. The average Bonchev–Trinajstić information content (AvgIpc) is 2.63. The predicted octanol–water partition coefficient (Wildman–Crippen LogP) is 0.658. The lowest BCUT2D eigenvalue weighted by atomic mass is 10.1. The summed E-state index contributed by atoms with van der Waals surface area (Å²) < 4.78 is 4.58. The van der Waals surface area contributed by atoms with Crippen molar-refractivity contribution < 1.29 is 19.1 Å². The van der Waals surface area contributed by atoms with E-state index < -0.39 is 4.87 Å². The topological polar surface area (TPSA) is 88.1 Å². The summed E-state index contributed by atoms with van der Waals surface area (Å²) >= 11 is 1.25. The predicted molar refractivity (Wildman–Crippen MR) is 71.0 cm³/mol. The number of esters is 1. The molecule has 0 radical (unpaired) electrons. The van der Waals surface area contributed by atoms with Crippen molar-refractivity contribution in [2.24, 2.45) is 5.10 Å². The van der Waals surface area contributed by atoms with E-state index in [-0.39, 0.29) is 24.2 Å². The van der Waals surface area contributed by atoms with Gasteiger partial charge in [0.2, 0.25) is 11.8 Å². The molecule has 0 aromatic carbocycles. The van der Waals surface area contributed by atoms with Crippen LogP contribution in [0.2, 0.25) is 0 Å². The highest BCUT2D eigenvalue weighted by Gasteiger charge is 2.42. The first-order chi connectivity index (χ1) is 8.78. The minimum Gasteiger partial charge on any atom is -0.469 e. The molecule has 0 fully saturated rings. The number of nitrogens with zero attached hydrogens (tertiary/aromatic N) is 2. The molecule has 1 atom stereocenters. The number of carbonyl (C=O) groups is 3. The number of amidine groups is 1. The van der Waals surface area contributed by atoms with E-state index in [0.29, 0.717) is 11.6 Å². The normalized spacial score (nSPS) is 21.9. The minimum absolute atomic E-state index is 0.173. The van der Waals surface area contributed by atoms with Crippen LogP contribution in [0.15, 0.2) is 5.10 Å². The first kappa shape index (κ1) is 15.5. The summed E-state index contributed by atoms with van der Waals surface area (Å²) in [5.41, 5.74) is 0. The zero-order valence-electron chi connectivity index (χ0n) is 11.3. The molecule has 0 unspecified atom stereocenters. The standard InChI is InChI=1S/C11H17N3O4S/c1-7(15)12-10-13-14(8(2)16)11(3,19-10)6-5-9(17)18-4/h5-6H2,1-4H3,(H,12,13,15)/t11-/m0/s1. The zero-order chi connectivity index (χ0) is 14.6. The highest BCUT2D eigenvalue weighted by molar-refractivity contribution is 8.15. The van der Waals surface area contributed by atoms with Crippen molar-refractivity contribution in [1.82, 2.24) is 10.3 Å². The Labute approximate surface area is 115 Å². The lowest BCUT2D eigenvalue weighted by Gasteiger charge is -2.30. The first-order valence-electron chi connectivity index (χ1n) is 5.71. The van der Waals surface area contributed by atoms with Crippen molar-refractivity contribution in [3.05, 3.63) is 0 Å². The SMILES string of the molecule is COC(=O)CC[C@]1(C)SC(NC(C)=O)=NN1C(C)=O. The third-order valence-electron chi connectivity index (χ3n) is 2.56. The number of nitrogens with one attached hydrogen (secondary N) is 1. The molecular formula is C11H17N3O4S. The summed E-state index contributed by atoms with van der Waals surface area (Å²) in [6.07, 6.45) is 0.559. The van der Waals surface area contributed by atoms with Gasteiger partial charge in [0.05, 0.1) is 7.11 Å². The molecule has 0 bridgehead atoms. The smallest absolute Gasteiger partial charge is 0.305 e. The Morgan fingerprint density at radius 3 is 2.53 bits per heavy atom. The molecule has 0 spiro atoms. The fraction of sp³-hybridized carbons (Fsp3) is 0.636. The molecule has 0 aromatic heterocycles. The molecule has 7 nitrogen and oxygen atoms in total. The molecular weight excluding hydrogens is 270 g/mol. The summed E-state index contributed by atoms with van der Waals surface area (Å²) in [5, 5.41) is 8.25. The Morgan fingerprint density at radius 2 is 2.05 bits per heavy atom. The van der Waals surface area contributed by atoms with Crippen LogP contribution in [0.5, 0.6) is 0 Å². The minimum atomic E-state index is -0.697. The van der Waals surface area contributed by atoms with E-state index in [4.69, 9.17) is 0 Å². The van der Waals surface area contributed by atoms with E-state index in [2.05, 4.69) is 15.2 Å². The second kappa shape index (κ2) is 6.05. The molecule has 1 N–H and O–H groups in total. The number of hydrogen-bond donors (Lipinski definition) is 1. The van der Waals surface area contributed by atoms with Gasteiger partial charge < -0.3 is 10.1 Å². The van der Waals surface area contributed by atoms with Crippen molar-refractivity contribution >= 4 is 34.7 Å². The maximum Gasteiger partial charge on any atom is 0.305 e. The van der Waals surface area contributed by atoms with E-state index in [9.17, 15) is 14.4 Å². The second-order valence-electron chi connectivity index (χ2n) is 4.27. The van der Waals surface area contributed by atoms with Crippen LogP contribution in [-0.2, 0) is 19.1 Å². The molecule has 1 aliphatic rings. The third kappa shape index (κ3) is 3.95. The maximum atomic E-state index is 11.6. The fourth-order valence-electron chi connectivity index (χ4n) is 1.67. The number of hydrogen-bond acceptors (Lipinski definition) is 6. The van der Waals surface area contributed by atoms with Gasteiger partial charge in [0.25, 0.3) is 0 Å². The van der Waals surface area contributed by atoms with Gasteiger partial charge in [-0.25, -0.2) is 5.01 Å². The van der Waals surface area contributed by atoms with Gasteiger partial charge in [0, 0.05) is 20.3 Å². The van der Waals surface area contributed by atoms with Crippen LogP contribution in [0.1, 0.15) is 33.6 Å². The molecule has 0 aromatic rings. The monoisotopic (exact) mass is 287 g/mol. The number of methoxy groups -OCH3 is 1. The first-order valence-corrected chi connectivity index (χ1v) is 6.53. The summed E-state index contributed by atoms with van der Waals surface area (Å²) in [5.74, 6) is -0.856. The molecule has 1 rings (SSSR count). The summed E-state index contributed by atoms with van der Waals surface area (Å²) in [4.78, 5) is 33.1. The quantitative estimate of drug-likeness (QED) is 0.770. The Hall–Kier alpha value is -1.57. The highest BCUT2D eigenvalue weighted by atomic mass is 32.2. The van der Waals surface area contributed by atoms with Crippen molar-refractivity contribution in [2.75, 3.05) is 7.11 Å². The van der Waals surface area contributed by atoms with Crippen LogP contribution < -0.4 is 5.32 Å². The number of carbonyl (C=O) groups excluding carboxylic acids is 3. The van der Waals surface area contributed by atoms with Crippen LogP contribution >= 0.6 is 11.8 Å². The van der Waals surface area contributed by atoms with E-state index in [0.717, 1.165) is 0 Å². The largest absolute Gasteiger partial charge is 0.469 e. The van der Waals surface area contributed by atoms with Crippen molar-refractivity contribution in [3.8, 4) is 0 Å². The molecule has 19 heavy (non-hydrogen) atoms. The van der Waals surface area contributed by atoms with Crippen LogP contribution in [0.3, 0.4) is 0 Å². The lowest BCUT2D eigenvalue weighted by molar-refractivity contribution is -0.142. The maximum absolute atomic E-state index is 11.6. The summed E-state index contributed by atoms with van der Waals surface area (Å²) in [6.45, 7) is 4.54. The van der Waals surface area contributed by atoms with Gasteiger partial charge in [-0.3, -0.25) is 14.4 Å². The number of ether oxygens (including phenoxy) is 1. The van der Waals surface area contributed by atoms with Gasteiger partial charge >= 0.3 is 5.97 Å². The zero-order valence-corrected chi connectivity index (χ0v) is 12.2. The molecule has 2 amide bonds. The lowest BCUT2D eigenvalue weighted by Crippen LogP contribution is -2.40. The van der Waals surface area contributed by atoms with E-state index in [1.807, 2.05) is 0 Å². The van der Waals surface area contributed by atoms with Gasteiger partial charge in [-0.2, -0.15) is 0 Å². The second-order valence-corrected chi connectivity index (χ2v) is 5.74. The Balaban J connectivity index is 2.79. The summed E-state index contributed by atoms with van der Waals surface area (Å²) in [6, 6.07) is 0. The number of rotatable bonds is 3. The van der Waals surface area contributed by atoms with Crippen LogP contribution in [0, 0.1) is 0 Å². The van der Waals surface area contributed by atoms with Crippen LogP contribution in [0.4, 0.5) is 0 Å². The van der Waals surface area contributed by atoms with Crippen LogP contribution in [0.25, 0.3) is 0 Å². The van der Waals surface area contributed by atoms with Crippen LogP contribution in [-0.4, -0.2) is 39.9 Å². The van der Waals surface area contributed by atoms with Crippen molar-refractivity contribution in [3.63, 3.8) is 0 Å². The molecule has 106 valence electrons. The number of amides is 2. The third-order valence-corrected chi connectivity index (χ3v) is 3.75. The van der Waals surface area contributed by atoms with Gasteiger partial charge in [0.15, 0.2) is 5.17 Å². The van der Waals surface area contributed by atoms with E-state index in [1.54, 1.807) is 6.92 Å². The molecule has 1 heterocycles. The van der Waals surface area contributed by atoms with Gasteiger partial charge in [-0.1, -0.05) is 11.8 Å². The summed E-state index contributed by atoms with van der Waals surface area (Å²) in [7, 11) is 1.31. The fourth-order valence-corrected chi connectivity index (χ4v) is 2.86. The molecule has 0 saturated carbocycles. The highest BCUT2D eigenvalue weighted by Crippen LogP contribution is 2.39. The Morgan fingerprint density at radius 1 is 1.42 bits per heavy atom. The average molecular weight is 287 g/mol. The van der Waals surface area contributed by atoms with Gasteiger partial charge in [0.1, 0.15) is 4.87 Å². The molecule has 0 saturated heterocycles. The number of hydrazone groups is 1. The van der Waals surface area contributed by atoms with E-state index in [1.165, 1.54) is 37.7 Å². The van der Waals surface area contributed by atoms with Crippen molar-refractivity contribution in [1.29, 1.82) is 0 Å². The van der Waals surface area contributed by atoms with Gasteiger partial charge in [-0.05, 0) is 13.3 Å². The molecule has 1 aliphatic heterocycles.